The average molecular weight is 217 g/mol. The fourth-order valence-electron chi connectivity index (χ4n) is 1.47. The summed E-state index contributed by atoms with van der Waals surface area (Å²) in [6, 6.07) is 0. The van der Waals surface area contributed by atoms with Crippen molar-refractivity contribution >= 4 is 11.6 Å². The molecular formula is C9H17ClN4. The number of halogens is 1. The van der Waals surface area contributed by atoms with E-state index in [2.05, 4.69) is 29.3 Å². The number of aryl methyl sites for hydroxylation is 1. The Morgan fingerprint density at radius 1 is 1.36 bits per heavy atom. The maximum absolute atomic E-state index is 6.00. The zero-order chi connectivity index (χ0) is 10.6. The van der Waals surface area contributed by atoms with Gasteiger partial charge in [-0.05, 0) is 23.5 Å². The minimum Gasteiger partial charge on any atom is -0.167 e. The van der Waals surface area contributed by atoms with Crippen LogP contribution in [0.15, 0.2) is 0 Å². The van der Waals surface area contributed by atoms with Crippen LogP contribution in [0.1, 0.15) is 32.5 Å². The predicted molar refractivity (Wildman–Crippen MR) is 56.2 cm³/mol. The third-order valence-electron chi connectivity index (χ3n) is 2.87. The minimum atomic E-state index is 0.130. The molecule has 0 bridgehead atoms. The van der Waals surface area contributed by atoms with Crippen LogP contribution in [0.3, 0.4) is 0 Å². The van der Waals surface area contributed by atoms with Crippen LogP contribution in [0.4, 0.5) is 0 Å². The van der Waals surface area contributed by atoms with Gasteiger partial charge >= 0.3 is 0 Å². The summed E-state index contributed by atoms with van der Waals surface area (Å²) in [6.45, 7) is 4.31. The molecule has 1 aromatic rings. The number of rotatable bonds is 5. The molecule has 14 heavy (non-hydrogen) atoms. The first kappa shape index (κ1) is 11.4. The van der Waals surface area contributed by atoms with Crippen molar-refractivity contribution in [2.75, 3.05) is 5.88 Å². The first-order valence-corrected chi connectivity index (χ1v) is 5.48. The molecule has 0 aliphatic heterocycles. The Kier molecular flexibility index (Phi) is 3.86. The highest BCUT2D eigenvalue weighted by atomic mass is 35.5. The molecule has 4 nitrogen and oxygen atoms in total. The summed E-state index contributed by atoms with van der Waals surface area (Å²) in [4.78, 5) is 1.49. The molecule has 0 aliphatic rings. The van der Waals surface area contributed by atoms with E-state index in [-0.39, 0.29) is 5.41 Å². The standard InChI is InChI=1S/C9H17ClN4/c1-4-9(5-2,7-10)6-8-11-13-14(3)12-8/h4-7H2,1-3H3. The SMILES string of the molecule is CCC(CC)(CCl)Cc1nnn(C)n1. The third-order valence-corrected chi connectivity index (χ3v) is 3.43. The molecule has 5 heteroatoms. The van der Waals surface area contributed by atoms with E-state index in [4.69, 9.17) is 11.6 Å². The van der Waals surface area contributed by atoms with Crippen molar-refractivity contribution in [3.8, 4) is 0 Å². The van der Waals surface area contributed by atoms with E-state index in [0.717, 1.165) is 25.1 Å². The molecule has 0 aliphatic carbocycles. The number of aromatic nitrogens is 4. The molecule has 0 N–H and O–H groups in total. The molecule has 0 saturated heterocycles. The Hall–Kier alpha value is -0.640. The Balaban J connectivity index is 2.73. The summed E-state index contributed by atoms with van der Waals surface area (Å²) >= 11 is 6.00. The van der Waals surface area contributed by atoms with Crippen LogP contribution >= 0.6 is 11.6 Å². The second kappa shape index (κ2) is 4.73. The van der Waals surface area contributed by atoms with Crippen LogP contribution < -0.4 is 0 Å². The molecule has 0 aromatic carbocycles. The lowest BCUT2D eigenvalue weighted by Crippen LogP contribution is -2.24. The Morgan fingerprint density at radius 2 is 2.00 bits per heavy atom. The van der Waals surface area contributed by atoms with Gasteiger partial charge in [-0.1, -0.05) is 13.8 Å². The van der Waals surface area contributed by atoms with Crippen molar-refractivity contribution in [3.63, 3.8) is 0 Å². The van der Waals surface area contributed by atoms with Gasteiger partial charge in [0.2, 0.25) is 0 Å². The van der Waals surface area contributed by atoms with E-state index < -0.39 is 0 Å². The van der Waals surface area contributed by atoms with Crippen LogP contribution in [0.5, 0.6) is 0 Å². The first-order chi connectivity index (χ1) is 6.65. The highest BCUT2D eigenvalue weighted by Crippen LogP contribution is 2.31. The van der Waals surface area contributed by atoms with Crippen LogP contribution in [0.2, 0.25) is 0 Å². The number of hydrogen-bond donors (Lipinski definition) is 0. The van der Waals surface area contributed by atoms with Gasteiger partial charge in [0.1, 0.15) is 0 Å². The van der Waals surface area contributed by atoms with Crippen molar-refractivity contribution in [1.82, 2.24) is 20.2 Å². The maximum atomic E-state index is 6.00. The fourth-order valence-corrected chi connectivity index (χ4v) is 1.94. The molecule has 80 valence electrons. The van der Waals surface area contributed by atoms with Crippen LogP contribution in [0, 0.1) is 5.41 Å². The Labute approximate surface area is 89.6 Å². The predicted octanol–water partition coefficient (Wildman–Crippen LogP) is 1.80. The Bertz CT molecular complexity index is 272. The zero-order valence-electron chi connectivity index (χ0n) is 9.00. The first-order valence-electron chi connectivity index (χ1n) is 4.94. The topological polar surface area (TPSA) is 43.6 Å². The minimum absolute atomic E-state index is 0.130. The van der Waals surface area contributed by atoms with Gasteiger partial charge in [-0.3, -0.25) is 0 Å². The summed E-state index contributed by atoms with van der Waals surface area (Å²) in [5.41, 5.74) is 0.130. The highest BCUT2D eigenvalue weighted by Gasteiger charge is 2.27. The lowest BCUT2D eigenvalue weighted by molar-refractivity contribution is 0.295. The second-order valence-electron chi connectivity index (χ2n) is 3.71. The van der Waals surface area contributed by atoms with Gasteiger partial charge in [-0.25, -0.2) is 0 Å². The number of alkyl halides is 1. The van der Waals surface area contributed by atoms with Crippen molar-refractivity contribution in [3.05, 3.63) is 5.82 Å². The smallest absolute Gasteiger partial charge is 0.167 e. The number of tetrazole rings is 1. The summed E-state index contributed by atoms with van der Waals surface area (Å²) in [7, 11) is 1.77. The highest BCUT2D eigenvalue weighted by molar-refractivity contribution is 6.18. The molecule has 0 atom stereocenters. The molecule has 0 spiro atoms. The number of nitrogens with zero attached hydrogens (tertiary/aromatic N) is 4. The van der Waals surface area contributed by atoms with Crippen molar-refractivity contribution in [2.24, 2.45) is 12.5 Å². The van der Waals surface area contributed by atoms with Gasteiger partial charge in [0, 0.05) is 12.3 Å². The largest absolute Gasteiger partial charge is 0.175 e. The Morgan fingerprint density at radius 3 is 2.36 bits per heavy atom. The molecule has 1 heterocycles. The quantitative estimate of drug-likeness (QED) is 0.705. The third kappa shape index (κ3) is 2.44. The lowest BCUT2D eigenvalue weighted by Gasteiger charge is -2.27. The van der Waals surface area contributed by atoms with E-state index >= 15 is 0 Å². The molecule has 0 saturated carbocycles. The van der Waals surface area contributed by atoms with Gasteiger partial charge in [0.15, 0.2) is 5.82 Å². The van der Waals surface area contributed by atoms with Crippen LogP contribution in [-0.2, 0) is 13.5 Å². The molecule has 0 unspecified atom stereocenters. The van der Waals surface area contributed by atoms with Gasteiger partial charge in [0.25, 0.3) is 0 Å². The van der Waals surface area contributed by atoms with Crippen molar-refractivity contribution < 1.29 is 0 Å². The van der Waals surface area contributed by atoms with E-state index in [0.29, 0.717) is 5.88 Å². The van der Waals surface area contributed by atoms with Gasteiger partial charge in [-0.2, -0.15) is 4.80 Å². The lowest BCUT2D eigenvalue weighted by atomic mass is 9.81. The van der Waals surface area contributed by atoms with E-state index in [1.807, 2.05) is 0 Å². The number of hydrogen-bond acceptors (Lipinski definition) is 3. The van der Waals surface area contributed by atoms with Crippen LogP contribution in [-0.4, -0.2) is 26.1 Å². The van der Waals surface area contributed by atoms with Gasteiger partial charge < -0.3 is 0 Å². The maximum Gasteiger partial charge on any atom is 0.175 e. The summed E-state index contributed by atoms with van der Waals surface area (Å²) in [5, 5.41) is 12.0. The van der Waals surface area contributed by atoms with Crippen molar-refractivity contribution in [2.45, 2.75) is 33.1 Å². The van der Waals surface area contributed by atoms with E-state index in [1.165, 1.54) is 4.80 Å². The summed E-state index contributed by atoms with van der Waals surface area (Å²) in [5.74, 6) is 1.44. The van der Waals surface area contributed by atoms with E-state index in [1.54, 1.807) is 7.05 Å². The average Bonchev–Trinajstić information content (AvgIpc) is 2.61. The molecule has 1 aromatic heterocycles. The van der Waals surface area contributed by atoms with Gasteiger partial charge in [0.05, 0.1) is 7.05 Å². The zero-order valence-corrected chi connectivity index (χ0v) is 9.75. The molecule has 1 rings (SSSR count). The fraction of sp³-hybridized carbons (Fsp3) is 0.889. The molecule has 0 fully saturated rings. The monoisotopic (exact) mass is 216 g/mol. The van der Waals surface area contributed by atoms with Gasteiger partial charge in [-0.15, -0.1) is 21.8 Å². The molecule has 0 amide bonds. The normalized spacial score (nSPS) is 12.0. The molecular weight excluding hydrogens is 200 g/mol. The molecule has 0 radical (unpaired) electrons. The van der Waals surface area contributed by atoms with Crippen molar-refractivity contribution in [1.29, 1.82) is 0 Å². The van der Waals surface area contributed by atoms with E-state index in [9.17, 15) is 0 Å². The summed E-state index contributed by atoms with van der Waals surface area (Å²) in [6.07, 6.45) is 2.91. The second-order valence-corrected chi connectivity index (χ2v) is 3.98. The summed E-state index contributed by atoms with van der Waals surface area (Å²) < 4.78 is 0. The van der Waals surface area contributed by atoms with Crippen LogP contribution in [0.25, 0.3) is 0 Å².